The first kappa shape index (κ1) is 32.5. The van der Waals surface area contributed by atoms with Gasteiger partial charge in [-0.1, -0.05) is 12.1 Å². The molecule has 2 aliphatic heterocycles. The lowest BCUT2D eigenvalue weighted by molar-refractivity contribution is -0.390. The van der Waals surface area contributed by atoms with Gasteiger partial charge >= 0.3 is 18.4 Å². The van der Waals surface area contributed by atoms with Gasteiger partial charge in [-0.15, -0.1) is 0 Å². The molecule has 1 amide bonds. The van der Waals surface area contributed by atoms with Crippen LogP contribution >= 0.6 is 0 Å². The number of benzene rings is 1. The van der Waals surface area contributed by atoms with Crippen LogP contribution in [0.5, 0.6) is 0 Å². The second-order valence-corrected chi connectivity index (χ2v) is 14.8. The van der Waals surface area contributed by atoms with Crippen molar-refractivity contribution >= 4 is 17.0 Å². The number of nitrogens with zero attached hydrogens (tertiary/aromatic N) is 2. The molecule has 2 saturated heterocycles. The molecule has 14 heteroatoms. The first-order valence-electron chi connectivity index (χ1n) is 17.0. The molecule has 7 fully saturated rings. The Kier molecular flexibility index (Phi) is 7.74. The number of aliphatic hydroxyl groups is 1. The third-order valence-corrected chi connectivity index (χ3v) is 11.8. The molecule has 4 atom stereocenters. The number of rotatable bonds is 3. The summed E-state index contributed by atoms with van der Waals surface area (Å²) in [5.74, 6) is 0.0930. The molecular weight excluding hydrogens is 646 g/mol. The van der Waals surface area contributed by atoms with E-state index in [4.69, 9.17) is 19.2 Å². The maximum absolute atomic E-state index is 13.9. The Balaban J connectivity index is 1.02. The van der Waals surface area contributed by atoms with Crippen molar-refractivity contribution in [3.63, 3.8) is 0 Å². The maximum atomic E-state index is 13.9. The number of alkyl halides is 6. The smallest absolute Gasteiger partial charge is 0.433 e. The van der Waals surface area contributed by atoms with Crippen LogP contribution in [0.15, 0.2) is 24.3 Å². The van der Waals surface area contributed by atoms with Gasteiger partial charge in [-0.3, -0.25) is 0 Å². The van der Waals surface area contributed by atoms with E-state index in [2.05, 4.69) is 4.98 Å². The summed E-state index contributed by atoms with van der Waals surface area (Å²) in [5.41, 5.74) is -4.21. The standard InChI is InChI=1S/C34H38F6N2O6/c35-33(36,37)25-7-3-6-23-24(16-27(34(38,39)40)41-28(23)25)29(43)26-8-1-2-10-42(26)30(44)45-22-5-4-9-31(17-22)46-32(48-47-31)20-12-18-11-19(14-20)15-21(32)13-18/h3,6-7,16,18-22,26,29,43H,1-2,4-5,8-15,17H2/t18?,19?,20?,21?,22-,26+,29-,31-,32?/m0/s1. The summed E-state index contributed by atoms with van der Waals surface area (Å²) >= 11 is 0. The predicted octanol–water partition coefficient (Wildman–Crippen LogP) is 8.07. The topological polar surface area (TPSA) is 90.4 Å². The Morgan fingerprint density at radius 3 is 2.38 bits per heavy atom. The van der Waals surface area contributed by atoms with Crippen molar-refractivity contribution in [2.45, 2.75) is 119 Å². The largest absolute Gasteiger partial charge is 0.446 e. The molecular formula is C34H38F6N2O6. The zero-order chi connectivity index (χ0) is 33.6. The summed E-state index contributed by atoms with van der Waals surface area (Å²) in [5, 5.41) is 11.3. The van der Waals surface area contributed by atoms with Crippen molar-refractivity contribution in [3.8, 4) is 0 Å². The van der Waals surface area contributed by atoms with Gasteiger partial charge in [0.05, 0.1) is 17.1 Å². The molecule has 262 valence electrons. The van der Waals surface area contributed by atoms with Crippen LogP contribution in [0.2, 0.25) is 0 Å². The van der Waals surface area contributed by atoms with E-state index in [1.54, 1.807) is 0 Å². The van der Waals surface area contributed by atoms with Crippen molar-refractivity contribution in [1.82, 2.24) is 9.88 Å². The van der Waals surface area contributed by atoms with E-state index >= 15 is 0 Å². The van der Waals surface area contributed by atoms with Gasteiger partial charge in [-0.05, 0) is 93.7 Å². The molecule has 48 heavy (non-hydrogen) atoms. The highest BCUT2D eigenvalue weighted by molar-refractivity contribution is 5.86. The van der Waals surface area contributed by atoms with Crippen LogP contribution in [0.3, 0.4) is 0 Å². The lowest BCUT2D eigenvalue weighted by Gasteiger charge is -2.57. The summed E-state index contributed by atoms with van der Waals surface area (Å²) in [6.07, 6.45) is -4.34. The molecule has 7 aliphatic rings. The number of aromatic nitrogens is 1. The van der Waals surface area contributed by atoms with Gasteiger partial charge in [0.15, 0.2) is 0 Å². The third kappa shape index (κ3) is 5.45. The Labute approximate surface area is 273 Å². The Bertz CT molecular complexity index is 1560. The number of likely N-dealkylation sites (tertiary alicyclic amines) is 1. The van der Waals surface area contributed by atoms with Crippen molar-refractivity contribution in [2.24, 2.45) is 23.7 Å². The monoisotopic (exact) mass is 684 g/mol. The first-order chi connectivity index (χ1) is 22.7. The molecule has 2 spiro atoms. The van der Waals surface area contributed by atoms with Gasteiger partial charge < -0.3 is 19.5 Å². The van der Waals surface area contributed by atoms with Crippen LogP contribution < -0.4 is 0 Å². The fraction of sp³-hybridized carbons (Fsp3) is 0.706. The van der Waals surface area contributed by atoms with Crippen LogP contribution in [-0.4, -0.2) is 51.3 Å². The van der Waals surface area contributed by atoms with Gasteiger partial charge in [-0.25, -0.2) is 9.78 Å². The summed E-state index contributed by atoms with van der Waals surface area (Å²) < 4.78 is 95.9. The maximum Gasteiger partial charge on any atom is 0.433 e. The van der Waals surface area contributed by atoms with Gasteiger partial charge in [-0.2, -0.15) is 36.1 Å². The second-order valence-electron chi connectivity index (χ2n) is 14.8. The van der Waals surface area contributed by atoms with E-state index in [0.29, 0.717) is 56.1 Å². The van der Waals surface area contributed by atoms with Crippen molar-refractivity contribution in [3.05, 3.63) is 41.1 Å². The quantitative estimate of drug-likeness (QED) is 0.258. The van der Waals surface area contributed by atoms with E-state index < -0.39 is 65.0 Å². The number of fused-ring (bicyclic) bond motifs is 1. The fourth-order valence-electron chi connectivity index (χ4n) is 9.85. The fourth-order valence-corrected chi connectivity index (χ4v) is 9.85. The number of amides is 1. The second kappa shape index (κ2) is 11.4. The number of carbonyl (C=O) groups excluding carboxylic acids is 1. The van der Waals surface area contributed by atoms with Crippen LogP contribution in [-0.2, 0) is 31.6 Å². The molecule has 5 aliphatic carbocycles. The van der Waals surface area contributed by atoms with Gasteiger partial charge in [0.2, 0.25) is 11.6 Å². The molecule has 1 aromatic carbocycles. The Hall–Kier alpha value is -2.68. The van der Waals surface area contributed by atoms with E-state index in [1.165, 1.54) is 17.4 Å². The average Bonchev–Trinajstić information content (AvgIpc) is 3.40. The molecule has 4 bridgehead atoms. The number of aliphatic hydroxyl groups excluding tert-OH is 1. The van der Waals surface area contributed by atoms with Crippen LogP contribution in [0.1, 0.15) is 100.0 Å². The van der Waals surface area contributed by atoms with Crippen LogP contribution in [0, 0.1) is 23.7 Å². The molecule has 0 radical (unpaired) electrons. The van der Waals surface area contributed by atoms with Crippen molar-refractivity contribution in [1.29, 1.82) is 0 Å². The zero-order valence-corrected chi connectivity index (χ0v) is 26.2. The molecule has 1 aromatic heterocycles. The number of pyridine rings is 1. The van der Waals surface area contributed by atoms with Gasteiger partial charge in [0.25, 0.3) is 0 Å². The Morgan fingerprint density at radius 2 is 1.69 bits per heavy atom. The molecule has 9 rings (SSSR count). The summed E-state index contributed by atoms with van der Waals surface area (Å²) in [7, 11) is 0. The normalized spacial score (nSPS) is 37.1. The zero-order valence-electron chi connectivity index (χ0n) is 26.2. The summed E-state index contributed by atoms with van der Waals surface area (Å²) in [6, 6.07) is 2.45. The van der Waals surface area contributed by atoms with E-state index in [1.807, 2.05) is 0 Å². The highest BCUT2D eigenvalue weighted by Gasteiger charge is 2.67. The SMILES string of the molecule is O=C(O[C@H]1CCC[C@@]2(C1)OOC1(O2)C2CC3CC(C2)CC1C3)N1CCCC[C@@H]1[C@@H](O)c1cc(C(F)(F)F)nc2c(C(F)(F)F)cccc12. The minimum Gasteiger partial charge on any atom is -0.446 e. The van der Waals surface area contributed by atoms with Crippen molar-refractivity contribution in [2.75, 3.05) is 6.54 Å². The summed E-state index contributed by atoms with van der Waals surface area (Å²) in [4.78, 5) is 30.5. The predicted molar refractivity (Wildman–Crippen MR) is 156 cm³/mol. The van der Waals surface area contributed by atoms with E-state index in [-0.39, 0.29) is 42.2 Å². The minimum atomic E-state index is -5.08. The van der Waals surface area contributed by atoms with Crippen LogP contribution in [0.25, 0.3) is 10.9 Å². The highest BCUT2D eigenvalue weighted by atomic mass is 19.4. The summed E-state index contributed by atoms with van der Waals surface area (Å²) in [6.45, 7) is 0.159. The van der Waals surface area contributed by atoms with Gasteiger partial charge in [0.1, 0.15) is 17.9 Å². The number of para-hydroxylation sites is 1. The first-order valence-corrected chi connectivity index (χ1v) is 17.0. The molecule has 8 nitrogen and oxygen atoms in total. The molecule has 1 N–H and O–H groups in total. The third-order valence-electron chi connectivity index (χ3n) is 11.8. The number of carbonyl (C=O) groups is 1. The van der Waals surface area contributed by atoms with Crippen LogP contribution in [0.4, 0.5) is 31.1 Å². The molecule has 0 unspecified atom stereocenters. The Morgan fingerprint density at radius 1 is 0.958 bits per heavy atom. The number of hydrogen-bond acceptors (Lipinski definition) is 7. The lowest BCUT2D eigenvalue weighted by atomic mass is 9.53. The number of hydrogen-bond donors (Lipinski definition) is 1. The van der Waals surface area contributed by atoms with Gasteiger partial charge in [0, 0.05) is 36.6 Å². The minimum absolute atomic E-state index is 0.159. The molecule has 2 aromatic rings. The van der Waals surface area contributed by atoms with Crippen molar-refractivity contribution < 1.29 is 55.5 Å². The molecule has 5 saturated carbocycles. The lowest BCUT2D eigenvalue weighted by Crippen LogP contribution is -2.59. The number of piperidine rings is 1. The number of ether oxygens (including phenoxy) is 2. The van der Waals surface area contributed by atoms with E-state index in [9.17, 15) is 36.2 Å². The average molecular weight is 685 g/mol. The van der Waals surface area contributed by atoms with E-state index in [0.717, 1.165) is 31.7 Å². The number of halogens is 6. The highest BCUT2D eigenvalue weighted by Crippen LogP contribution is 2.64. The molecule has 3 heterocycles.